The highest BCUT2D eigenvalue weighted by atomic mass is 35.5. The van der Waals surface area contributed by atoms with Gasteiger partial charge >= 0.3 is 0 Å². The zero-order valence-corrected chi connectivity index (χ0v) is 12.3. The Morgan fingerprint density at radius 3 is 3.00 bits per heavy atom. The number of pyridine rings is 1. The average molecular weight is 295 g/mol. The molecule has 0 amide bonds. The van der Waals surface area contributed by atoms with E-state index < -0.39 is 0 Å². The third-order valence-electron chi connectivity index (χ3n) is 3.63. The van der Waals surface area contributed by atoms with E-state index in [4.69, 9.17) is 5.73 Å². The second-order valence-corrected chi connectivity index (χ2v) is 5.25. The third-order valence-corrected chi connectivity index (χ3v) is 3.63. The van der Waals surface area contributed by atoms with Gasteiger partial charge in [-0.3, -0.25) is 14.1 Å². The Hall–Kier alpha value is -1.43. The summed E-state index contributed by atoms with van der Waals surface area (Å²) in [6.07, 6.45) is 2.78. The molecule has 3 rings (SSSR count). The van der Waals surface area contributed by atoms with Crippen LogP contribution in [0.2, 0.25) is 0 Å². The molecule has 1 atom stereocenters. The molecule has 20 heavy (non-hydrogen) atoms. The van der Waals surface area contributed by atoms with Gasteiger partial charge in [-0.05, 0) is 25.0 Å². The van der Waals surface area contributed by atoms with Crippen molar-refractivity contribution in [1.82, 2.24) is 14.3 Å². The van der Waals surface area contributed by atoms with Gasteiger partial charge in [-0.2, -0.15) is 0 Å². The minimum absolute atomic E-state index is 0. The molecule has 2 aromatic heterocycles. The van der Waals surface area contributed by atoms with E-state index in [0.29, 0.717) is 6.54 Å². The van der Waals surface area contributed by atoms with Gasteiger partial charge in [0.15, 0.2) is 0 Å². The van der Waals surface area contributed by atoms with Crippen molar-refractivity contribution >= 4 is 18.1 Å². The molecule has 1 unspecified atom stereocenters. The summed E-state index contributed by atoms with van der Waals surface area (Å²) in [4.78, 5) is 18.9. The first kappa shape index (κ1) is 15.0. The fourth-order valence-corrected chi connectivity index (χ4v) is 2.63. The summed E-state index contributed by atoms with van der Waals surface area (Å²) in [5.41, 5.74) is 8.46. The van der Waals surface area contributed by atoms with Crippen LogP contribution in [0.4, 0.5) is 0 Å². The predicted octanol–water partition coefficient (Wildman–Crippen LogP) is 0.958. The number of halogens is 1. The largest absolute Gasteiger partial charge is 0.326 e. The molecular formula is C14H19ClN4O. The second kappa shape index (κ2) is 5.91. The van der Waals surface area contributed by atoms with Crippen molar-refractivity contribution in [1.29, 1.82) is 0 Å². The third kappa shape index (κ3) is 2.85. The van der Waals surface area contributed by atoms with Crippen molar-refractivity contribution < 1.29 is 0 Å². The number of aryl methyl sites for hydroxylation is 1. The number of hydrogen-bond acceptors (Lipinski definition) is 4. The van der Waals surface area contributed by atoms with Crippen molar-refractivity contribution in [3.8, 4) is 0 Å². The van der Waals surface area contributed by atoms with E-state index in [1.165, 1.54) is 0 Å². The topological polar surface area (TPSA) is 63.6 Å². The van der Waals surface area contributed by atoms with Gasteiger partial charge in [-0.1, -0.05) is 6.07 Å². The molecule has 0 bridgehead atoms. The number of hydrogen-bond donors (Lipinski definition) is 1. The highest BCUT2D eigenvalue weighted by Crippen LogP contribution is 2.11. The quantitative estimate of drug-likeness (QED) is 0.896. The summed E-state index contributed by atoms with van der Waals surface area (Å²) in [7, 11) is 0. The summed E-state index contributed by atoms with van der Waals surface area (Å²) in [5.74, 6) is 0. The second-order valence-electron chi connectivity index (χ2n) is 5.25. The van der Waals surface area contributed by atoms with Crippen molar-refractivity contribution in [2.24, 2.45) is 5.73 Å². The summed E-state index contributed by atoms with van der Waals surface area (Å²) in [6.45, 7) is 4.54. The van der Waals surface area contributed by atoms with E-state index in [1.807, 2.05) is 19.1 Å². The average Bonchev–Trinajstić information content (AvgIpc) is 2.76. The molecule has 2 aromatic rings. The maximum Gasteiger partial charge on any atom is 0.258 e. The van der Waals surface area contributed by atoms with E-state index in [2.05, 4.69) is 9.88 Å². The Labute approximate surface area is 123 Å². The Bertz CT molecular complexity index is 670. The number of likely N-dealkylation sites (tertiary alicyclic amines) is 1. The molecule has 1 aliphatic heterocycles. The van der Waals surface area contributed by atoms with Crippen LogP contribution in [0.5, 0.6) is 0 Å². The Morgan fingerprint density at radius 1 is 1.50 bits per heavy atom. The molecule has 108 valence electrons. The number of nitrogens with two attached hydrogens (primary N) is 1. The van der Waals surface area contributed by atoms with Gasteiger partial charge in [-0.25, -0.2) is 4.98 Å². The maximum absolute atomic E-state index is 12.1. The highest BCUT2D eigenvalue weighted by molar-refractivity contribution is 5.85. The van der Waals surface area contributed by atoms with Crippen LogP contribution in [0.25, 0.3) is 5.65 Å². The zero-order valence-electron chi connectivity index (χ0n) is 11.5. The van der Waals surface area contributed by atoms with Crippen molar-refractivity contribution in [3.05, 3.63) is 46.0 Å². The van der Waals surface area contributed by atoms with Gasteiger partial charge in [0.05, 0.1) is 5.69 Å². The fraction of sp³-hybridized carbons (Fsp3) is 0.429. The maximum atomic E-state index is 12.1. The SMILES string of the molecule is Cc1cccn2c(=O)cc(CN3CCC(N)C3)nc12.Cl. The van der Waals surface area contributed by atoms with Crippen molar-refractivity contribution in [2.45, 2.75) is 25.9 Å². The molecule has 5 nitrogen and oxygen atoms in total. The molecule has 2 N–H and O–H groups in total. The number of fused-ring (bicyclic) bond motifs is 1. The summed E-state index contributed by atoms with van der Waals surface area (Å²) in [6, 6.07) is 5.71. The van der Waals surface area contributed by atoms with Gasteiger partial charge in [0, 0.05) is 37.9 Å². The molecule has 0 radical (unpaired) electrons. The molecule has 3 heterocycles. The van der Waals surface area contributed by atoms with Crippen LogP contribution >= 0.6 is 12.4 Å². The van der Waals surface area contributed by atoms with Crippen molar-refractivity contribution in [2.75, 3.05) is 13.1 Å². The summed E-state index contributed by atoms with van der Waals surface area (Å²) in [5, 5.41) is 0. The standard InChI is InChI=1S/C14H18N4O.ClH/c1-10-3-2-5-18-13(19)7-12(16-14(10)18)9-17-6-4-11(15)8-17;/h2-3,5,7,11H,4,6,8-9,15H2,1H3;1H. The van der Waals surface area contributed by atoms with E-state index in [-0.39, 0.29) is 24.0 Å². The van der Waals surface area contributed by atoms with Crippen LogP contribution in [0.15, 0.2) is 29.2 Å². The lowest BCUT2D eigenvalue weighted by Gasteiger charge is -2.15. The molecule has 0 aromatic carbocycles. The zero-order chi connectivity index (χ0) is 13.4. The van der Waals surface area contributed by atoms with Gasteiger partial charge in [0.1, 0.15) is 5.65 Å². The Kier molecular flexibility index (Phi) is 4.42. The number of rotatable bonds is 2. The van der Waals surface area contributed by atoms with Gasteiger partial charge in [-0.15, -0.1) is 12.4 Å². The smallest absolute Gasteiger partial charge is 0.258 e. The minimum atomic E-state index is -0.0211. The Balaban J connectivity index is 0.00000147. The van der Waals surface area contributed by atoms with Crippen LogP contribution in [0.3, 0.4) is 0 Å². The van der Waals surface area contributed by atoms with Gasteiger partial charge < -0.3 is 5.73 Å². The summed E-state index contributed by atoms with van der Waals surface area (Å²) < 4.78 is 1.59. The molecule has 0 aliphatic carbocycles. The number of nitrogens with zero attached hydrogens (tertiary/aromatic N) is 3. The van der Waals surface area contributed by atoms with Crippen LogP contribution in [0, 0.1) is 6.92 Å². The number of aromatic nitrogens is 2. The molecule has 6 heteroatoms. The molecule has 1 fully saturated rings. The Morgan fingerprint density at radius 2 is 2.30 bits per heavy atom. The van der Waals surface area contributed by atoms with E-state index >= 15 is 0 Å². The monoisotopic (exact) mass is 294 g/mol. The highest BCUT2D eigenvalue weighted by Gasteiger charge is 2.19. The normalized spacial score (nSPS) is 19.2. The lowest BCUT2D eigenvalue weighted by atomic mass is 10.3. The van der Waals surface area contributed by atoms with E-state index in [9.17, 15) is 4.79 Å². The van der Waals surface area contributed by atoms with Gasteiger partial charge in [0.2, 0.25) is 0 Å². The fourth-order valence-electron chi connectivity index (χ4n) is 2.63. The van der Waals surface area contributed by atoms with Crippen molar-refractivity contribution in [3.63, 3.8) is 0 Å². The van der Waals surface area contributed by atoms with Crippen LogP contribution in [-0.2, 0) is 6.54 Å². The first-order valence-electron chi connectivity index (χ1n) is 6.59. The molecule has 0 saturated carbocycles. The predicted molar refractivity (Wildman–Crippen MR) is 81.3 cm³/mol. The molecule has 1 saturated heterocycles. The first-order chi connectivity index (χ1) is 9.13. The minimum Gasteiger partial charge on any atom is -0.326 e. The first-order valence-corrected chi connectivity index (χ1v) is 6.59. The van der Waals surface area contributed by atoms with Crippen LogP contribution < -0.4 is 11.3 Å². The molecule has 0 spiro atoms. The van der Waals surface area contributed by atoms with Crippen LogP contribution in [0.1, 0.15) is 17.7 Å². The summed E-state index contributed by atoms with van der Waals surface area (Å²) >= 11 is 0. The van der Waals surface area contributed by atoms with Crippen LogP contribution in [-0.4, -0.2) is 33.4 Å². The molecular weight excluding hydrogens is 276 g/mol. The van der Waals surface area contributed by atoms with E-state index in [1.54, 1.807) is 16.7 Å². The lowest BCUT2D eigenvalue weighted by molar-refractivity contribution is 0.323. The van der Waals surface area contributed by atoms with E-state index in [0.717, 1.165) is 36.4 Å². The lowest BCUT2D eigenvalue weighted by Crippen LogP contribution is -2.27. The molecule has 1 aliphatic rings. The van der Waals surface area contributed by atoms with Gasteiger partial charge in [0.25, 0.3) is 5.56 Å².